The molecule has 0 spiro atoms. The van der Waals surface area contributed by atoms with Gasteiger partial charge in [-0.05, 0) is 32.1 Å². The maximum absolute atomic E-state index is 11.5. The molecule has 0 saturated heterocycles. The molecule has 1 amide bonds. The number of hydrogen-bond donors (Lipinski definition) is 2. The van der Waals surface area contributed by atoms with Gasteiger partial charge in [-0.3, -0.25) is 4.79 Å². The first-order valence-electron chi connectivity index (χ1n) is 5.07. The molecule has 0 aliphatic carbocycles. The maximum atomic E-state index is 11.5. The first-order valence-corrected chi connectivity index (χ1v) is 5.07. The summed E-state index contributed by atoms with van der Waals surface area (Å²) in [5.74, 6) is 0.0971. The number of aromatic nitrogens is 1. The van der Waals surface area contributed by atoms with Crippen LogP contribution in [0.25, 0.3) is 6.08 Å². The Balaban J connectivity index is 2.24. The van der Waals surface area contributed by atoms with Crippen molar-refractivity contribution in [3.8, 4) is 0 Å². The minimum atomic E-state index is -0.245. The van der Waals surface area contributed by atoms with Gasteiger partial charge in [0.1, 0.15) is 5.57 Å². The molecule has 1 aromatic rings. The van der Waals surface area contributed by atoms with Gasteiger partial charge < -0.3 is 9.72 Å². The molecule has 1 aromatic heterocycles. The number of hydrogen-bond acceptors (Lipinski definition) is 3. The molecule has 0 radical (unpaired) electrons. The standard InChI is InChI=1S/C11H13N3O2/c1-7(2)16-11-9(10(15)13-14-11)6-8-4-3-5-12-8/h3-7,12H,1-2H3,(H,13,15)/b9-6-. The molecular weight excluding hydrogens is 206 g/mol. The van der Waals surface area contributed by atoms with Gasteiger partial charge >= 0.3 is 0 Å². The summed E-state index contributed by atoms with van der Waals surface area (Å²) in [5.41, 5.74) is 3.66. The van der Waals surface area contributed by atoms with Crippen LogP contribution in [0.1, 0.15) is 19.5 Å². The molecule has 1 aliphatic heterocycles. The van der Waals surface area contributed by atoms with Crippen LogP contribution in [0.4, 0.5) is 0 Å². The number of nitrogens with one attached hydrogen (secondary N) is 2. The van der Waals surface area contributed by atoms with E-state index >= 15 is 0 Å². The van der Waals surface area contributed by atoms with Gasteiger partial charge in [0.2, 0.25) is 5.90 Å². The molecule has 84 valence electrons. The number of amides is 1. The van der Waals surface area contributed by atoms with E-state index in [-0.39, 0.29) is 12.0 Å². The van der Waals surface area contributed by atoms with Crippen LogP contribution in [0.15, 0.2) is 29.0 Å². The summed E-state index contributed by atoms with van der Waals surface area (Å²) in [6, 6.07) is 3.73. The number of carbonyl (C=O) groups is 1. The number of H-pyrrole nitrogens is 1. The van der Waals surface area contributed by atoms with Crippen molar-refractivity contribution in [3.05, 3.63) is 29.6 Å². The summed E-state index contributed by atoms with van der Waals surface area (Å²) in [6.45, 7) is 3.77. The molecule has 1 aliphatic rings. The molecule has 0 saturated carbocycles. The molecule has 0 aromatic carbocycles. The zero-order valence-corrected chi connectivity index (χ0v) is 9.15. The lowest BCUT2D eigenvalue weighted by Crippen LogP contribution is -2.16. The second-order valence-corrected chi connectivity index (χ2v) is 3.71. The Morgan fingerprint density at radius 1 is 1.50 bits per heavy atom. The molecule has 0 fully saturated rings. The second-order valence-electron chi connectivity index (χ2n) is 3.71. The highest BCUT2D eigenvalue weighted by Crippen LogP contribution is 2.13. The van der Waals surface area contributed by atoms with Crippen molar-refractivity contribution >= 4 is 17.9 Å². The predicted molar refractivity (Wildman–Crippen MR) is 60.6 cm³/mol. The van der Waals surface area contributed by atoms with E-state index in [1.165, 1.54) is 0 Å². The first kappa shape index (κ1) is 10.5. The van der Waals surface area contributed by atoms with Crippen molar-refractivity contribution in [2.75, 3.05) is 0 Å². The normalized spacial score (nSPS) is 17.8. The summed E-state index contributed by atoms with van der Waals surface area (Å²) in [7, 11) is 0. The van der Waals surface area contributed by atoms with Crippen LogP contribution in [0.5, 0.6) is 0 Å². The van der Waals surface area contributed by atoms with Crippen molar-refractivity contribution in [1.29, 1.82) is 0 Å². The van der Waals surface area contributed by atoms with Gasteiger partial charge in [-0.15, -0.1) is 5.10 Å². The number of rotatable bonds is 2. The Hall–Kier alpha value is -2.04. The molecule has 2 N–H and O–H groups in total. The van der Waals surface area contributed by atoms with Crippen molar-refractivity contribution in [2.45, 2.75) is 20.0 Å². The Morgan fingerprint density at radius 3 is 2.94 bits per heavy atom. The largest absolute Gasteiger partial charge is 0.473 e. The van der Waals surface area contributed by atoms with Crippen molar-refractivity contribution < 1.29 is 9.53 Å². The highest BCUT2D eigenvalue weighted by molar-refractivity contribution is 6.24. The second kappa shape index (κ2) is 4.22. The lowest BCUT2D eigenvalue weighted by molar-refractivity contribution is -0.116. The van der Waals surface area contributed by atoms with Crippen LogP contribution in [0, 0.1) is 0 Å². The molecule has 0 bridgehead atoms. The fraction of sp³-hybridized carbons (Fsp3) is 0.273. The van der Waals surface area contributed by atoms with Gasteiger partial charge in [-0.25, -0.2) is 5.43 Å². The van der Waals surface area contributed by atoms with E-state index in [2.05, 4.69) is 15.5 Å². The van der Waals surface area contributed by atoms with Crippen molar-refractivity contribution in [1.82, 2.24) is 10.4 Å². The summed E-state index contributed by atoms with van der Waals surface area (Å²) < 4.78 is 5.43. The summed E-state index contributed by atoms with van der Waals surface area (Å²) >= 11 is 0. The lowest BCUT2D eigenvalue weighted by atomic mass is 10.2. The fourth-order valence-electron chi connectivity index (χ4n) is 1.35. The van der Waals surface area contributed by atoms with Crippen molar-refractivity contribution in [3.63, 3.8) is 0 Å². The smallest absolute Gasteiger partial charge is 0.277 e. The van der Waals surface area contributed by atoms with Gasteiger partial charge in [-0.2, -0.15) is 0 Å². The van der Waals surface area contributed by atoms with E-state index in [9.17, 15) is 4.79 Å². The highest BCUT2D eigenvalue weighted by atomic mass is 16.5. The molecule has 0 atom stereocenters. The quantitative estimate of drug-likeness (QED) is 0.735. The van der Waals surface area contributed by atoms with Crippen LogP contribution in [-0.2, 0) is 9.53 Å². The van der Waals surface area contributed by atoms with Crippen LogP contribution in [0.2, 0.25) is 0 Å². The zero-order chi connectivity index (χ0) is 11.5. The third kappa shape index (κ3) is 2.13. The minimum absolute atomic E-state index is 0.0153. The molecule has 0 unspecified atom stereocenters. The summed E-state index contributed by atoms with van der Waals surface area (Å²) in [6.07, 6.45) is 3.49. The van der Waals surface area contributed by atoms with Gasteiger partial charge in [-0.1, -0.05) is 0 Å². The Labute approximate surface area is 93.2 Å². The van der Waals surface area contributed by atoms with E-state index in [1.54, 1.807) is 12.3 Å². The van der Waals surface area contributed by atoms with E-state index < -0.39 is 0 Å². The average molecular weight is 219 g/mol. The lowest BCUT2D eigenvalue weighted by Gasteiger charge is -2.08. The third-order valence-electron chi connectivity index (χ3n) is 2.00. The topological polar surface area (TPSA) is 66.5 Å². The first-order chi connectivity index (χ1) is 7.66. The summed E-state index contributed by atoms with van der Waals surface area (Å²) in [5, 5.41) is 3.83. The number of carbonyl (C=O) groups excluding carboxylic acids is 1. The number of hydrazone groups is 1. The molecule has 2 heterocycles. The number of aromatic amines is 1. The van der Waals surface area contributed by atoms with E-state index in [0.717, 1.165) is 5.69 Å². The van der Waals surface area contributed by atoms with Gasteiger partial charge in [0, 0.05) is 11.9 Å². The highest BCUT2D eigenvalue weighted by Gasteiger charge is 2.24. The third-order valence-corrected chi connectivity index (χ3v) is 2.00. The van der Waals surface area contributed by atoms with Crippen molar-refractivity contribution in [2.24, 2.45) is 5.10 Å². The van der Waals surface area contributed by atoms with E-state index in [1.807, 2.05) is 26.0 Å². The number of ether oxygens (including phenoxy) is 1. The molecule has 5 nitrogen and oxygen atoms in total. The van der Waals surface area contributed by atoms with E-state index in [0.29, 0.717) is 11.5 Å². The molecular formula is C11H13N3O2. The SMILES string of the molecule is CC(C)OC1=NNC(=O)/C1=C/c1ccc[nH]1. The molecule has 5 heteroatoms. The Bertz CT molecular complexity index is 444. The zero-order valence-electron chi connectivity index (χ0n) is 9.15. The minimum Gasteiger partial charge on any atom is -0.473 e. The van der Waals surface area contributed by atoms with Gasteiger partial charge in [0.15, 0.2) is 0 Å². The monoisotopic (exact) mass is 219 g/mol. The van der Waals surface area contributed by atoms with Gasteiger partial charge in [0.05, 0.1) is 6.10 Å². The van der Waals surface area contributed by atoms with Crippen LogP contribution in [-0.4, -0.2) is 22.9 Å². The number of nitrogens with zero attached hydrogens (tertiary/aromatic N) is 1. The maximum Gasteiger partial charge on any atom is 0.277 e. The summed E-state index contributed by atoms with van der Waals surface area (Å²) in [4.78, 5) is 14.5. The fourth-order valence-corrected chi connectivity index (χ4v) is 1.35. The van der Waals surface area contributed by atoms with Crippen LogP contribution in [0.3, 0.4) is 0 Å². The van der Waals surface area contributed by atoms with Crippen LogP contribution >= 0.6 is 0 Å². The Kier molecular flexibility index (Phi) is 2.76. The van der Waals surface area contributed by atoms with Gasteiger partial charge in [0.25, 0.3) is 5.91 Å². The molecule has 2 rings (SSSR count). The van der Waals surface area contributed by atoms with Crippen LogP contribution < -0.4 is 5.43 Å². The Morgan fingerprint density at radius 2 is 2.31 bits per heavy atom. The van der Waals surface area contributed by atoms with E-state index in [4.69, 9.17) is 4.74 Å². The molecule has 16 heavy (non-hydrogen) atoms. The predicted octanol–water partition coefficient (Wildman–Crippen LogP) is 1.27. The average Bonchev–Trinajstić information content (AvgIpc) is 2.82.